The third-order valence-corrected chi connectivity index (χ3v) is 3.74. The molecule has 1 fully saturated rings. The summed E-state index contributed by atoms with van der Waals surface area (Å²) in [7, 11) is 0. The van der Waals surface area contributed by atoms with E-state index in [1.165, 1.54) is 6.08 Å². The minimum atomic E-state index is -2.24. The maximum atomic E-state index is 11.8. The molecule has 1 aliphatic rings. The summed E-state index contributed by atoms with van der Waals surface area (Å²) in [6, 6.07) is 8.94. The molecule has 4 atom stereocenters. The van der Waals surface area contributed by atoms with Gasteiger partial charge in [0.25, 0.3) is 0 Å². The van der Waals surface area contributed by atoms with E-state index in [4.69, 9.17) is 9.84 Å². The fourth-order valence-electron chi connectivity index (χ4n) is 2.45. The number of hydrogen-bond donors (Lipinski definition) is 4. The van der Waals surface area contributed by atoms with E-state index in [-0.39, 0.29) is 0 Å². The molecule has 0 saturated heterocycles. The fourth-order valence-corrected chi connectivity index (χ4v) is 2.45. The fraction of sp³-hybridized carbons (Fsp3) is 0.375. The number of carbonyl (C=O) groups is 2. The molecule has 1 aromatic rings. The molecule has 1 aliphatic carbocycles. The Bertz CT molecular complexity index is 598. The minimum absolute atomic E-state index is 0.495. The van der Waals surface area contributed by atoms with Crippen LogP contribution in [0.2, 0.25) is 0 Å². The van der Waals surface area contributed by atoms with Crippen molar-refractivity contribution in [2.75, 3.05) is 0 Å². The lowest BCUT2D eigenvalue weighted by molar-refractivity contribution is -0.196. The molecule has 0 radical (unpaired) electrons. The zero-order chi connectivity index (χ0) is 17.0. The van der Waals surface area contributed by atoms with Crippen molar-refractivity contribution in [3.63, 3.8) is 0 Å². The third-order valence-electron chi connectivity index (χ3n) is 3.74. The molecule has 1 unspecified atom stereocenters. The van der Waals surface area contributed by atoms with Gasteiger partial charge in [0, 0.05) is 18.9 Å². The van der Waals surface area contributed by atoms with Gasteiger partial charge in [-0.25, -0.2) is 9.59 Å². The van der Waals surface area contributed by atoms with Crippen molar-refractivity contribution < 1.29 is 34.8 Å². The molecule has 4 N–H and O–H groups in total. The first kappa shape index (κ1) is 17.1. The normalized spacial score (nSPS) is 31.0. The van der Waals surface area contributed by atoms with Crippen molar-refractivity contribution in [1.29, 1.82) is 0 Å². The number of aliphatic hydroxyl groups excluding tert-OH is 2. The molecular weight excluding hydrogens is 304 g/mol. The van der Waals surface area contributed by atoms with Gasteiger partial charge >= 0.3 is 11.9 Å². The summed E-state index contributed by atoms with van der Waals surface area (Å²) in [5, 5.41) is 38.5. The molecule has 2 rings (SSSR count). The molecule has 0 amide bonds. The quantitative estimate of drug-likeness (QED) is 0.452. The Morgan fingerprint density at radius 1 is 1.17 bits per heavy atom. The average molecular weight is 322 g/mol. The summed E-state index contributed by atoms with van der Waals surface area (Å²) in [6.07, 6.45) is -2.67. The smallest absolute Gasteiger partial charge is 0.335 e. The van der Waals surface area contributed by atoms with Gasteiger partial charge in [0.15, 0.2) is 5.60 Å². The van der Waals surface area contributed by atoms with Crippen molar-refractivity contribution in [3.8, 4) is 0 Å². The van der Waals surface area contributed by atoms with Gasteiger partial charge < -0.3 is 25.2 Å². The first-order valence-electron chi connectivity index (χ1n) is 7.07. The van der Waals surface area contributed by atoms with E-state index in [2.05, 4.69) is 0 Å². The summed E-state index contributed by atoms with van der Waals surface area (Å²) < 4.78 is 4.98. The average Bonchev–Trinajstić information content (AvgIpc) is 2.51. The van der Waals surface area contributed by atoms with Crippen LogP contribution in [0.5, 0.6) is 0 Å². The van der Waals surface area contributed by atoms with E-state index in [0.717, 1.165) is 11.6 Å². The Morgan fingerprint density at radius 2 is 1.83 bits per heavy atom. The zero-order valence-corrected chi connectivity index (χ0v) is 12.2. The van der Waals surface area contributed by atoms with Crippen LogP contribution in [0.3, 0.4) is 0 Å². The van der Waals surface area contributed by atoms with Crippen molar-refractivity contribution in [2.24, 2.45) is 0 Å². The standard InChI is InChI=1S/C16H18O7/c17-11-8-16(22,15(20)21)9-12(14(11)19)23-13(18)7-6-10-4-2-1-3-5-10/h1-7,11-12,14,17,19,22H,8-9H2,(H,20,21)/b7-6+/t11-,12-,14-,16?/m0/s1. The Hall–Kier alpha value is -2.22. The number of carboxylic acids is 1. The van der Waals surface area contributed by atoms with Crippen molar-refractivity contribution >= 4 is 18.0 Å². The van der Waals surface area contributed by atoms with Gasteiger partial charge in [-0.2, -0.15) is 0 Å². The molecule has 0 spiro atoms. The molecular formula is C16H18O7. The number of ether oxygens (including phenoxy) is 1. The number of hydrogen-bond acceptors (Lipinski definition) is 6. The number of benzene rings is 1. The molecule has 7 heteroatoms. The summed E-state index contributed by atoms with van der Waals surface area (Å²) in [5.41, 5.74) is -1.48. The van der Waals surface area contributed by atoms with Crippen LogP contribution in [0, 0.1) is 0 Å². The highest BCUT2D eigenvalue weighted by atomic mass is 16.6. The highest BCUT2D eigenvalue weighted by Gasteiger charge is 2.50. The number of esters is 1. The Morgan fingerprint density at radius 3 is 2.43 bits per heavy atom. The lowest BCUT2D eigenvalue weighted by atomic mass is 9.79. The molecule has 1 saturated carbocycles. The Labute approximate surface area is 132 Å². The largest absolute Gasteiger partial charge is 0.479 e. The van der Waals surface area contributed by atoms with Crippen LogP contribution < -0.4 is 0 Å². The maximum absolute atomic E-state index is 11.8. The lowest BCUT2D eigenvalue weighted by Gasteiger charge is -2.39. The number of aliphatic carboxylic acids is 1. The van der Waals surface area contributed by atoms with Crippen LogP contribution >= 0.6 is 0 Å². The van der Waals surface area contributed by atoms with Gasteiger partial charge in [0.05, 0.1) is 6.10 Å². The molecule has 23 heavy (non-hydrogen) atoms. The first-order chi connectivity index (χ1) is 10.8. The monoisotopic (exact) mass is 322 g/mol. The van der Waals surface area contributed by atoms with Crippen LogP contribution in [-0.2, 0) is 14.3 Å². The summed E-state index contributed by atoms with van der Waals surface area (Å²) in [5.74, 6) is -2.34. The molecule has 0 bridgehead atoms. The molecule has 1 aromatic carbocycles. The maximum Gasteiger partial charge on any atom is 0.335 e. The molecule has 0 aliphatic heterocycles. The highest BCUT2D eigenvalue weighted by molar-refractivity contribution is 5.87. The SMILES string of the molecule is O=C(/C=C/c1ccccc1)O[C@H]1CC(O)(C(=O)O)C[C@H](O)[C@@H]1O. The van der Waals surface area contributed by atoms with Crippen LogP contribution in [0.1, 0.15) is 18.4 Å². The van der Waals surface area contributed by atoms with E-state index in [1.807, 2.05) is 6.07 Å². The van der Waals surface area contributed by atoms with Crippen LogP contribution in [0.25, 0.3) is 6.08 Å². The number of rotatable bonds is 4. The summed E-state index contributed by atoms with van der Waals surface area (Å²) >= 11 is 0. The molecule has 7 nitrogen and oxygen atoms in total. The Balaban J connectivity index is 2.03. The number of carbonyl (C=O) groups excluding carboxylic acids is 1. The van der Waals surface area contributed by atoms with Crippen molar-refractivity contribution in [2.45, 2.75) is 36.8 Å². The van der Waals surface area contributed by atoms with Gasteiger partial charge in [-0.05, 0) is 11.6 Å². The van der Waals surface area contributed by atoms with Gasteiger partial charge in [0.2, 0.25) is 0 Å². The van der Waals surface area contributed by atoms with E-state index in [9.17, 15) is 24.9 Å². The molecule has 124 valence electrons. The van der Waals surface area contributed by atoms with Gasteiger partial charge in [-0.15, -0.1) is 0 Å². The summed E-state index contributed by atoms with van der Waals surface area (Å²) in [6.45, 7) is 0. The third kappa shape index (κ3) is 4.16. The van der Waals surface area contributed by atoms with Gasteiger partial charge in [-0.3, -0.25) is 0 Å². The first-order valence-corrected chi connectivity index (χ1v) is 7.07. The number of carboxylic acid groups (broad SMARTS) is 1. The predicted molar refractivity (Wildman–Crippen MR) is 79.2 cm³/mol. The molecule has 0 aromatic heterocycles. The topological polar surface area (TPSA) is 124 Å². The van der Waals surface area contributed by atoms with Gasteiger partial charge in [-0.1, -0.05) is 30.3 Å². The van der Waals surface area contributed by atoms with Crippen molar-refractivity contribution in [1.82, 2.24) is 0 Å². The highest BCUT2D eigenvalue weighted by Crippen LogP contribution is 2.31. The van der Waals surface area contributed by atoms with E-state index < -0.39 is 48.7 Å². The van der Waals surface area contributed by atoms with E-state index in [1.54, 1.807) is 24.3 Å². The summed E-state index contributed by atoms with van der Waals surface area (Å²) in [4.78, 5) is 22.9. The van der Waals surface area contributed by atoms with Crippen LogP contribution in [-0.4, -0.2) is 56.3 Å². The van der Waals surface area contributed by atoms with Crippen LogP contribution in [0.15, 0.2) is 36.4 Å². The predicted octanol–water partition coefficient (Wildman–Crippen LogP) is -0.0571. The van der Waals surface area contributed by atoms with E-state index in [0.29, 0.717) is 0 Å². The zero-order valence-electron chi connectivity index (χ0n) is 12.2. The molecule has 0 heterocycles. The second-order valence-electron chi connectivity index (χ2n) is 5.52. The Kier molecular flexibility index (Phi) is 5.15. The van der Waals surface area contributed by atoms with E-state index >= 15 is 0 Å². The van der Waals surface area contributed by atoms with Crippen LogP contribution in [0.4, 0.5) is 0 Å². The second-order valence-corrected chi connectivity index (χ2v) is 5.52. The second kappa shape index (κ2) is 6.91. The lowest BCUT2D eigenvalue weighted by Crippen LogP contribution is -2.57. The number of aliphatic hydroxyl groups is 3. The minimum Gasteiger partial charge on any atom is -0.479 e. The van der Waals surface area contributed by atoms with Crippen molar-refractivity contribution in [3.05, 3.63) is 42.0 Å². The van der Waals surface area contributed by atoms with Gasteiger partial charge in [0.1, 0.15) is 12.2 Å².